The molecule has 1 atom stereocenters. The molecular weight excluding hydrogens is 232 g/mol. The van der Waals surface area contributed by atoms with Crippen LogP contribution in [-0.4, -0.2) is 17.3 Å². The fraction of sp³-hybridized carbons (Fsp3) is 0.471. The molecule has 1 unspecified atom stereocenters. The van der Waals surface area contributed by atoms with E-state index in [1.54, 1.807) is 0 Å². The number of anilines is 1. The molecule has 19 heavy (non-hydrogen) atoms. The van der Waals surface area contributed by atoms with Gasteiger partial charge < -0.3 is 5.32 Å². The third kappa shape index (κ3) is 3.25. The van der Waals surface area contributed by atoms with Crippen LogP contribution in [0.15, 0.2) is 35.3 Å². The fourth-order valence-electron chi connectivity index (χ4n) is 2.39. The number of aliphatic imine (C=N–C) groups is 1. The molecule has 0 aromatic heterocycles. The van der Waals surface area contributed by atoms with Crippen LogP contribution >= 0.6 is 0 Å². The Hall–Kier alpha value is -1.57. The zero-order valence-corrected chi connectivity index (χ0v) is 12.6. The molecule has 0 saturated carbocycles. The first kappa shape index (κ1) is 13.9. The Morgan fingerprint density at radius 1 is 1.21 bits per heavy atom. The van der Waals surface area contributed by atoms with Crippen LogP contribution in [0, 0.1) is 0 Å². The zero-order valence-electron chi connectivity index (χ0n) is 12.6. The van der Waals surface area contributed by atoms with Gasteiger partial charge in [0.15, 0.2) is 0 Å². The van der Waals surface area contributed by atoms with Gasteiger partial charge in [-0.2, -0.15) is 0 Å². The molecule has 102 valence electrons. The number of para-hydroxylation sites is 1. The van der Waals surface area contributed by atoms with Crippen molar-refractivity contribution in [1.29, 1.82) is 0 Å². The van der Waals surface area contributed by atoms with E-state index in [4.69, 9.17) is 4.99 Å². The maximum atomic E-state index is 4.87. The Labute approximate surface area is 116 Å². The van der Waals surface area contributed by atoms with E-state index in [-0.39, 0.29) is 11.6 Å². The largest absolute Gasteiger partial charge is 0.376 e. The molecule has 0 radical (unpaired) electrons. The van der Waals surface area contributed by atoms with Crippen LogP contribution in [0.5, 0.6) is 0 Å². The summed E-state index contributed by atoms with van der Waals surface area (Å²) in [6.45, 7) is 10.8. The highest BCUT2D eigenvalue weighted by atomic mass is 15.0. The van der Waals surface area contributed by atoms with Crippen LogP contribution in [0.1, 0.15) is 46.6 Å². The van der Waals surface area contributed by atoms with E-state index in [9.17, 15) is 0 Å². The van der Waals surface area contributed by atoms with Crippen LogP contribution in [-0.2, 0) is 0 Å². The Morgan fingerprint density at radius 2 is 1.89 bits per heavy atom. The second kappa shape index (κ2) is 5.20. The van der Waals surface area contributed by atoms with Crippen molar-refractivity contribution in [2.24, 2.45) is 4.99 Å². The highest BCUT2D eigenvalue weighted by Gasteiger charge is 2.19. The van der Waals surface area contributed by atoms with Crippen molar-refractivity contribution in [3.8, 4) is 0 Å². The lowest BCUT2D eigenvalue weighted by Crippen LogP contribution is -2.27. The van der Waals surface area contributed by atoms with E-state index in [1.165, 1.54) is 16.8 Å². The van der Waals surface area contributed by atoms with E-state index in [0.29, 0.717) is 0 Å². The van der Waals surface area contributed by atoms with Gasteiger partial charge >= 0.3 is 0 Å². The molecule has 0 amide bonds. The first-order valence-corrected chi connectivity index (χ1v) is 7.07. The molecule has 1 aromatic carbocycles. The van der Waals surface area contributed by atoms with Gasteiger partial charge in [0, 0.05) is 11.3 Å². The zero-order chi connectivity index (χ0) is 14.0. The molecule has 0 fully saturated rings. The van der Waals surface area contributed by atoms with Crippen LogP contribution < -0.4 is 5.32 Å². The van der Waals surface area contributed by atoms with Gasteiger partial charge in [-0.05, 0) is 51.8 Å². The second-order valence-corrected chi connectivity index (χ2v) is 6.14. The molecule has 1 N–H and O–H groups in total. The lowest BCUT2D eigenvalue weighted by molar-refractivity contribution is 0.582. The summed E-state index contributed by atoms with van der Waals surface area (Å²) in [5, 5.41) is 3.58. The first-order chi connectivity index (χ1) is 8.90. The quantitative estimate of drug-likeness (QED) is 0.784. The summed E-state index contributed by atoms with van der Waals surface area (Å²) in [6.07, 6.45) is 3.28. The first-order valence-electron chi connectivity index (χ1n) is 7.07. The summed E-state index contributed by atoms with van der Waals surface area (Å²) in [5.74, 6) is 0. The van der Waals surface area contributed by atoms with Crippen LogP contribution in [0.4, 0.5) is 5.69 Å². The molecule has 0 bridgehead atoms. The topological polar surface area (TPSA) is 24.4 Å². The molecule has 1 heterocycles. The summed E-state index contributed by atoms with van der Waals surface area (Å²) in [6, 6.07) is 8.75. The number of benzene rings is 1. The maximum absolute atomic E-state index is 4.87. The van der Waals surface area contributed by atoms with E-state index in [2.05, 4.69) is 70.3 Å². The van der Waals surface area contributed by atoms with Gasteiger partial charge in [0.05, 0.1) is 17.3 Å². The number of rotatable bonds is 1. The van der Waals surface area contributed by atoms with Gasteiger partial charge in [-0.15, -0.1) is 0 Å². The van der Waals surface area contributed by atoms with Gasteiger partial charge in [-0.25, -0.2) is 0 Å². The van der Waals surface area contributed by atoms with Crippen LogP contribution in [0.2, 0.25) is 0 Å². The molecule has 2 rings (SSSR count). The number of hydrogen-bond donors (Lipinski definition) is 1. The predicted molar refractivity (Wildman–Crippen MR) is 85.0 cm³/mol. The van der Waals surface area contributed by atoms with E-state index < -0.39 is 0 Å². The summed E-state index contributed by atoms with van der Waals surface area (Å²) in [5.41, 5.74) is 4.96. The summed E-state index contributed by atoms with van der Waals surface area (Å²) in [4.78, 5) is 4.87. The Bertz CT molecular complexity index is 518. The van der Waals surface area contributed by atoms with Gasteiger partial charge in [-0.1, -0.05) is 25.1 Å². The Kier molecular flexibility index (Phi) is 3.79. The maximum Gasteiger partial charge on any atom is 0.0653 e. The fourth-order valence-corrected chi connectivity index (χ4v) is 2.39. The molecule has 1 aliphatic heterocycles. The van der Waals surface area contributed by atoms with Crippen molar-refractivity contribution in [2.45, 2.75) is 52.6 Å². The lowest BCUT2D eigenvalue weighted by Gasteiger charge is -2.19. The number of allylic oxidation sites excluding steroid dienone is 1. The number of nitrogens with one attached hydrogen (secondary N) is 1. The minimum Gasteiger partial charge on any atom is -0.376 e. The van der Waals surface area contributed by atoms with Crippen molar-refractivity contribution in [3.63, 3.8) is 0 Å². The minimum atomic E-state index is -0.0445. The molecule has 2 heteroatoms. The van der Waals surface area contributed by atoms with Gasteiger partial charge in [0.2, 0.25) is 0 Å². The monoisotopic (exact) mass is 256 g/mol. The van der Waals surface area contributed by atoms with Crippen molar-refractivity contribution in [2.75, 3.05) is 5.32 Å². The van der Waals surface area contributed by atoms with Gasteiger partial charge in [-0.3, -0.25) is 4.99 Å². The van der Waals surface area contributed by atoms with Gasteiger partial charge in [0.25, 0.3) is 0 Å². The van der Waals surface area contributed by atoms with Crippen LogP contribution in [0.3, 0.4) is 0 Å². The highest BCUT2D eigenvalue weighted by molar-refractivity contribution is 6.08. The van der Waals surface area contributed by atoms with Crippen molar-refractivity contribution in [3.05, 3.63) is 35.9 Å². The molecule has 0 saturated heterocycles. The van der Waals surface area contributed by atoms with E-state index in [1.807, 2.05) is 0 Å². The van der Waals surface area contributed by atoms with Crippen molar-refractivity contribution in [1.82, 2.24) is 0 Å². The normalized spacial score (nSPS) is 21.4. The SMILES string of the molecule is CCC1=CC(=NC(C)(C)C)C(C)Nc2ccccc21. The van der Waals surface area contributed by atoms with Crippen molar-refractivity contribution < 1.29 is 0 Å². The molecule has 1 aromatic rings. The molecule has 0 spiro atoms. The molecule has 2 nitrogen and oxygen atoms in total. The Morgan fingerprint density at radius 3 is 2.53 bits per heavy atom. The average Bonchev–Trinajstić information content (AvgIpc) is 2.45. The predicted octanol–water partition coefficient (Wildman–Crippen LogP) is 4.53. The Balaban J connectivity index is 2.52. The third-order valence-corrected chi connectivity index (χ3v) is 3.26. The number of hydrogen-bond acceptors (Lipinski definition) is 2. The average molecular weight is 256 g/mol. The van der Waals surface area contributed by atoms with E-state index >= 15 is 0 Å². The third-order valence-electron chi connectivity index (χ3n) is 3.26. The standard InChI is InChI=1S/C17H24N2/c1-6-13-11-16(19-17(3,4)5)12(2)18-15-10-8-7-9-14(13)15/h7-12,18H,6H2,1-5H3. The smallest absolute Gasteiger partial charge is 0.0653 e. The summed E-state index contributed by atoms with van der Waals surface area (Å²) < 4.78 is 0. The van der Waals surface area contributed by atoms with Crippen LogP contribution in [0.25, 0.3) is 5.57 Å². The number of fused-ring (bicyclic) bond motifs is 1. The van der Waals surface area contributed by atoms with E-state index in [0.717, 1.165) is 12.1 Å². The summed E-state index contributed by atoms with van der Waals surface area (Å²) >= 11 is 0. The van der Waals surface area contributed by atoms with Crippen molar-refractivity contribution >= 4 is 17.0 Å². The summed E-state index contributed by atoms with van der Waals surface area (Å²) in [7, 11) is 0. The minimum absolute atomic E-state index is 0.0445. The second-order valence-electron chi connectivity index (χ2n) is 6.14. The van der Waals surface area contributed by atoms with Gasteiger partial charge in [0.1, 0.15) is 0 Å². The molecule has 1 aliphatic rings. The number of nitrogens with zero attached hydrogens (tertiary/aromatic N) is 1. The molecule has 0 aliphatic carbocycles. The highest BCUT2D eigenvalue weighted by Crippen LogP contribution is 2.30. The molecular formula is C17H24N2. The lowest BCUT2D eigenvalue weighted by atomic mass is 10.0.